The molecule has 0 bridgehead atoms. The molecule has 0 aromatic carbocycles. The molecule has 5 nitrogen and oxygen atoms in total. The van der Waals surface area contributed by atoms with Gasteiger partial charge in [-0.15, -0.1) is 0 Å². The van der Waals surface area contributed by atoms with Gasteiger partial charge in [0.15, 0.2) is 0 Å². The van der Waals surface area contributed by atoms with E-state index in [2.05, 4.69) is 65.7 Å². The third-order valence-corrected chi connectivity index (χ3v) is 6.21. The topological polar surface area (TPSA) is 61.9 Å². The van der Waals surface area contributed by atoms with Crippen LogP contribution in [-0.4, -0.2) is 17.0 Å². The highest BCUT2D eigenvalue weighted by atomic mass is 14.9. The zero-order chi connectivity index (χ0) is 28.9. The quantitative estimate of drug-likeness (QED) is 0.220. The predicted molar refractivity (Wildman–Crippen MR) is 169 cm³/mol. The third-order valence-electron chi connectivity index (χ3n) is 6.21. The smallest absolute Gasteiger partial charge is 0.0935 e. The SMILES string of the molecule is C=C/C(=C\C(=C/C)C(=C)/C=C(C(=C)C(=C)Nc1ccnc(-c2ccccn2)c1C)\C(=C/C)NC)NC(=C)CC. The van der Waals surface area contributed by atoms with Crippen LogP contribution in [0.25, 0.3) is 11.4 Å². The van der Waals surface area contributed by atoms with Gasteiger partial charge in [-0.05, 0) is 80.3 Å². The second-order valence-corrected chi connectivity index (χ2v) is 8.79. The van der Waals surface area contributed by atoms with Crippen LogP contribution < -0.4 is 16.0 Å². The lowest BCUT2D eigenvalue weighted by molar-refractivity contribution is 0.919. The number of rotatable bonds is 14. The molecule has 39 heavy (non-hydrogen) atoms. The number of nitrogens with one attached hydrogen (secondary N) is 3. The van der Waals surface area contributed by atoms with Gasteiger partial charge in [0, 0.05) is 59.1 Å². The Labute approximate surface area is 234 Å². The summed E-state index contributed by atoms with van der Waals surface area (Å²) in [7, 11) is 1.88. The maximum absolute atomic E-state index is 4.55. The Hall–Kier alpha value is -4.64. The standard InChI is InChI=1S/C34H41N5/c1-11-24(6)38-29(13-3)22-28(12-2)23(5)21-30(31(14-4)35-10)25(7)27(9)39-32-18-20-37-34(26(32)8)33-17-15-16-19-36-33/h12-22,35,38H,3,5-7,9,11H2,1-2,4,8,10H3,(H,37,39)/b28-12+,29-22+,30-21-,31-14+. The second-order valence-electron chi connectivity index (χ2n) is 8.79. The summed E-state index contributed by atoms with van der Waals surface area (Å²) in [6, 6.07) is 7.71. The molecule has 0 atom stereocenters. The van der Waals surface area contributed by atoms with Crippen LogP contribution in [0.2, 0.25) is 0 Å². The van der Waals surface area contributed by atoms with Crippen LogP contribution >= 0.6 is 0 Å². The van der Waals surface area contributed by atoms with Crippen LogP contribution in [0.4, 0.5) is 5.69 Å². The molecule has 2 heterocycles. The molecule has 0 aliphatic heterocycles. The lowest BCUT2D eigenvalue weighted by Gasteiger charge is -2.20. The van der Waals surface area contributed by atoms with Crippen LogP contribution in [0.15, 0.2) is 145 Å². The van der Waals surface area contributed by atoms with Gasteiger partial charge in [0.05, 0.1) is 11.4 Å². The largest absolute Gasteiger partial charge is 0.388 e. The van der Waals surface area contributed by atoms with E-state index in [4.69, 9.17) is 0 Å². The average molecular weight is 520 g/mol. The van der Waals surface area contributed by atoms with E-state index in [0.29, 0.717) is 5.70 Å². The number of nitrogens with zero attached hydrogens (tertiary/aromatic N) is 2. The highest BCUT2D eigenvalue weighted by Crippen LogP contribution is 2.30. The van der Waals surface area contributed by atoms with Crippen LogP contribution in [0.3, 0.4) is 0 Å². The van der Waals surface area contributed by atoms with Gasteiger partial charge >= 0.3 is 0 Å². The fourth-order valence-corrected chi connectivity index (χ4v) is 3.82. The third kappa shape index (κ3) is 8.17. The molecular weight excluding hydrogens is 478 g/mol. The van der Waals surface area contributed by atoms with E-state index in [0.717, 1.165) is 68.4 Å². The maximum Gasteiger partial charge on any atom is 0.0935 e. The molecule has 2 aromatic rings. The molecule has 5 heteroatoms. The number of pyridine rings is 2. The Balaban J connectivity index is 2.42. The Kier molecular flexibility index (Phi) is 11.7. The Bertz CT molecular complexity index is 1370. The first kappa shape index (κ1) is 30.6. The monoisotopic (exact) mass is 519 g/mol. The molecule has 0 amide bonds. The van der Waals surface area contributed by atoms with Gasteiger partial charge in [-0.25, -0.2) is 0 Å². The van der Waals surface area contributed by atoms with E-state index < -0.39 is 0 Å². The minimum absolute atomic E-state index is 0.662. The Morgan fingerprint density at radius 3 is 2.28 bits per heavy atom. The fraction of sp³-hybridized carbons (Fsp3) is 0.176. The molecule has 2 rings (SSSR count). The zero-order valence-electron chi connectivity index (χ0n) is 24.0. The van der Waals surface area contributed by atoms with Crippen LogP contribution in [0, 0.1) is 6.92 Å². The first-order chi connectivity index (χ1) is 18.7. The van der Waals surface area contributed by atoms with Gasteiger partial charge in [0.1, 0.15) is 0 Å². The molecule has 0 aliphatic carbocycles. The lowest BCUT2D eigenvalue weighted by atomic mass is 9.95. The minimum Gasteiger partial charge on any atom is -0.388 e. The summed E-state index contributed by atoms with van der Waals surface area (Å²) in [6.45, 7) is 29.0. The van der Waals surface area contributed by atoms with Crippen molar-refractivity contribution in [2.75, 3.05) is 12.4 Å². The number of hydrogen-bond donors (Lipinski definition) is 3. The Morgan fingerprint density at radius 2 is 1.72 bits per heavy atom. The lowest BCUT2D eigenvalue weighted by Crippen LogP contribution is -2.13. The molecule has 0 unspecified atom stereocenters. The van der Waals surface area contributed by atoms with E-state index in [-0.39, 0.29) is 0 Å². The predicted octanol–water partition coefficient (Wildman–Crippen LogP) is 8.07. The highest BCUT2D eigenvalue weighted by Gasteiger charge is 2.15. The summed E-state index contributed by atoms with van der Waals surface area (Å²) in [5.41, 5.74) is 10.2. The molecule has 202 valence electrons. The average Bonchev–Trinajstić information content (AvgIpc) is 2.96. The number of allylic oxidation sites excluding steroid dienone is 10. The van der Waals surface area contributed by atoms with Crippen molar-refractivity contribution >= 4 is 5.69 Å². The summed E-state index contributed by atoms with van der Waals surface area (Å²) >= 11 is 0. The highest BCUT2D eigenvalue weighted by molar-refractivity contribution is 5.71. The summed E-state index contributed by atoms with van der Waals surface area (Å²) in [4.78, 5) is 9.00. The normalized spacial score (nSPS) is 12.4. The first-order valence-corrected chi connectivity index (χ1v) is 12.9. The van der Waals surface area contributed by atoms with Gasteiger partial charge in [0.25, 0.3) is 0 Å². The summed E-state index contributed by atoms with van der Waals surface area (Å²) in [5, 5.41) is 10.0. The molecule has 3 N–H and O–H groups in total. The molecule has 0 aliphatic rings. The zero-order valence-corrected chi connectivity index (χ0v) is 24.0. The molecule has 2 aromatic heterocycles. The van der Waals surface area contributed by atoms with E-state index in [9.17, 15) is 0 Å². The van der Waals surface area contributed by atoms with Crippen molar-refractivity contribution in [1.82, 2.24) is 20.6 Å². The first-order valence-electron chi connectivity index (χ1n) is 12.9. The second kappa shape index (κ2) is 14.9. The van der Waals surface area contributed by atoms with Gasteiger partial charge in [-0.1, -0.05) is 58.0 Å². The number of hydrogen-bond acceptors (Lipinski definition) is 5. The Morgan fingerprint density at radius 1 is 0.974 bits per heavy atom. The van der Waals surface area contributed by atoms with Crippen molar-refractivity contribution in [3.8, 4) is 11.4 Å². The molecule has 0 radical (unpaired) electrons. The van der Waals surface area contributed by atoms with Crippen LogP contribution in [-0.2, 0) is 0 Å². The van der Waals surface area contributed by atoms with Crippen molar-refractivity contribution in [1.29, 1.82) is 0 Å². The molecule has 0 fully saturated rings. The van der Waals surface area contributed by atoms with Gasteiger partial charge in [-0.3, -0.25) is 9.97 Å². The molecule has 0 spiro atoms. The number of aromatic nitrogens is 2. The van der Waals surface area contributed by atoms with Crippen LogP contribution in [0.5, 0.6) is 0 Å². The van der Waals surface area contributed by atoms with Crippen molar-refractivity contribution in [3.05, 3.63) is 151 Å². The van der Waals surface area contributed by atoms with E-state index in [1.807, 2.05) is 76.4 Å². The van der Waals surface area contributed by atoms with E-state index in [1.165, 1.54) is 0 Å². The number of likely N-dealkylation sites (N-methyl/N-ethyl adjacent to an activating group) is 1. The number of anilines is 1. The van der Waals surface area contributed by atoms with Crippen molar-refractivity contribution < 1.29 is 0 Å². The van der Waals surface area contributed by atoms with Crippen molar-refractivity contribution in [2.45, 2.75) is 34.1 Å². The maximum atomic E-state index is 4.55. The fourth-order valence-electron chi connectivity index (χ4n) is 3.82. The van der Waals surface area contributed by atoms with E-state index in [1.54, 1.807) is 18.5 Å². The van der Waals surface area contributed by atoms with Gasteiger partial charge < -0.3 is 16.0 Å². The summed E-state index contributed by atoms with van der Waals surface area (Å²) in [5.74, 6) is 0. The van der Waals surface area contributed by atoms with Crippen molar-refractivity contribution in [2.24, 2.45) is 0 Å². The van der Waals surface area contributed by atoms with Gasteiger partial charge in [0.2, 0.25) is 0 Å². The van der Waals surface area contributed by atoms with Crippen LogP contribution in [0.1, 0.15) is 32.8 Å². The molecule has 0 saturated heterocycles. The summed E-state index contributed by atoms with van der Waals surface area (Å²) in [6.07, 6.45) is 14.2. The van der Waals surface area contributed by atoms with Crippen molar-refractivity contribution in [3.63, 3.8) is 0 Å². The molecular formula is C34H41N5. The molecule has 0 saturated carbocycles. The van der Waals surface area contributed by atoms with E-state index >= 15 is 0 Å². The minimum atomic E-state index is 0.662. The summed E-state index contributed by atoms with van der Waals surface area (Å²) < 4.78 is 0. The van der Waals surface area contributed by atoms with Gasteiger partial charge in [-0.2, -0.15) is 0 Å².